The van der Waals surface area contributed by atoms with Crippen molar-refractivity contribution in [2.45, 2.75) is 46.1 Å². The number of hydrogen-bond donors (Lipinski definition) is 2. The number of aromatic nitrogens is 1. The van der Waals surface area contributed by atoms with Gasteiger partial charge in [0.2, 0.25) is 0 Å². The molecule has 1 saturated carbocycles. The van der Waals surface area contributed by atoms with Crippen LogP contribution in [0.25, 0.3) is 0 Å². The number of thiazole rings is 1. The zero-order chi connectivity index (χ0) is 12.6. The van der Waals surface area contributed by atoms with E-state index in [1.165, 1.54) is 17.8 Å². The molecule has 17 heavy (non-hydrogen) atoms. The minimum absolute atomic E-state index is 0.176. The van der Waals surface area contributed by atoms with Crippen LogP contribution >= 0.6 is 11.3 Å². The number of carboxylic acid groups (broad SMARTS) is 1. The van der Waals surface area contributed by atoms with Crippen molar-refractivity contribution in [2.24, 2.45) is 5.41 Å². The second-order valence-electron chi connectivity index (χ2n) is 5.48. The lowest BCUT2D eigenvalue weighted by atomic mass is 9.92. The van der Waals surface area contributed by atoms with Crippen molar-refractivity contribution in [2.75, 3.05) is 5.32 Å². The molecule has 0 spiro atoms. The lowest BCUT2D eigenvalue weighted by molar-refractivity contribution is 0.0690. The molecule has 0 aromatic carbocycles. The number of aryl methyl sites for hydroxylation is 1. The summed E-state index contributed by atoms with van der Waals surface area (Å²) in [5, 5.41) is 13.0. The van der Waals surface area contributed by atoms with Gasteiger partial charge < -0.3 is 10.4 Å². The first-order valence-electron chi connectivity index (χ1n) is 5.85. The van der Waals surface area contributed by atoms with Gasteiger partial charge in [-0.2, -0.15) is 0 Å². The van der Waals surface area contributed by atoms with Crippen molar-refractivity contribution in [3.05, 3.63) is 10.6 Å². The maximum absolute atomic E-state index is 10.9. The molecule has 2 rings (SSSR count). The van der Waals surface area contributed by atoms with Gasteiger partial charge in [-0.05, 0) is 31.6 Å². The predicted molar refractivity (Wildman–Crippen MR) is 68.9 cm³/mol. The zero-order valence-corrected chi connectivity index (χ0v) is 11.2. The standard InChI is InChI=1S/C12H18N2O2S/c1-7-9(10(15)16)14-11(17-7)13-8-4-5-12(2,3)6-8/h8H,4-6H2,1-3H3,(H,13,14)(H,15,16). The second kappa shape index (κ2) is 4.29. The maximum Gasteiger partial charge on any atom is 0.355 e. The molecule has 1 aromatic rings. The number of anilines is 1. The maximum atomic E-state index is 10.9. The van der Waals surface area contributed by atoms with Gasteiger partial charge in [0.05, 0.1) is 0 Å². The first kappa shape index (κ1) is 12.4. The second-order valence-corrected chi connectivity index (χ2v) is 6.68. The van der Waals surface area contributed by atoms with Crippen LogP contribution in [0, 0.1) is 12.3 Å². The zero-order valence-electron chi connectivity index (χ0n) is 10.4. The van der Waals surface area contributed by atoms with E-state index in [1.54, 1.807) is 6.92 Å². The Hall–Kier alpha value is -1.10. The van der Waals surface area contributed by atoms with Gasteiger partial charge in [-0.25, -0.2) is 9.78 Å². The van der Waals surface area contributed by atoms with E-state index in [0.717, 1.165) is 22.9 Å². The largest absolute Gasteiger partial charge is 0.476 e. The van der Waals surface area contributed by atoms with E-state index in [-0.39, 0.29) is 5.69 Å². The summed E-state index contributed by atoms with van der Waals surface area (Å²) in [7, 11) is 0. The normalized spacial score (nSPS) is 22.6. The van der Waals surface area contributed by atoms with Crippen LogP contribution in [-0.4, -0.2) is 22.1 Å². The van der Waals surface area contributed by atoms with Gasteiger partial charge in [0.1, 0.15) is 0 Å². The Balaban J connectivity index is 2.05. The molecule has 1 aliphatic rings. The fraction of sp³-hybridized carbons (Fsp3) is 0.667. The number of nitrogens with zero attached hydrogens (tertiary/aromatic N) is 1. The fourth-order valence-corrected chi connectivity index (χ4v) is 3.27. The molecule has 0 radical (unpaired) electrons. The number of carbonyl (C=O) groups is 1. The van der Waals surface area contributed by atoms with Crippen LogP contribution in [0.5, 0.6) is 0 Å². The lowest BCUT2D eigenvalue weighted by Gasteiger charge is -2.17. The summed E-state index contributed by atoms with van der Waals surface area (Å²) in [6, 6.07) is 0.428. The molecule has 5 heteroatoms. The van der Waals surface area contributed by atoms with Crippen molar-refractivity contribution in [1.82, 2.24) is 4.98 Å². The SMILES string of the molecule is Cc1sc(NC2CCC(C)(C)C2)nc1C(=O)O. The highest BCUT2D eigenvalue weighted by atomic mass is 32.1. The summed E-state index contributed by atoms with van der Waals surface area (Å²) in [6.07, 6.45) is 3.46. The van der Waals surface area contributed by atoms with E-state index in [2.05, 4.69) is 24.1 Å². The molecule has 2 N–H and O–H groups in total. The predicted octanol–water partition coefficient (Wildman–Crippen LogP) is 3.14. The molecule has 0 amide bonds. The molecule has 1 atom stereocenters. The molecule has 1 heterocycles. The first-order valence-corrected chi connectivity index (χ1v) is 6.66. The summed E-state index contributed by atoms with van der Waals surface area (Å²) >= 11 is 1.43. The molecule has 0 aliphatic heterocycles. The van der Waals surface area contributed by atoms with Crippen LogP contribution in [-0.2, 0) is 0 Å². The Morgan fingerprint density at radius 3 is 2.76 bits per heavy atom. The van der Waals surface area contributed by atoms with Crippen LogP contribution in [0.1, 0.15) is 48.5 Å². The minimum Gasteiger partial charge on any atom is -0.476 e. The van der Waals surface area contributed by atoms with Crippen LogP contribution in [0.2, 0.25) is 0 Å². The summed E-state index contributed by atoms with van der Waals surface area (Å²) < 4.78 is 0. The van der Waals surface area contributed by atoms with E-state index in [0.29, 0.717) is 11.5 Å². The van der Waals surface area contributed by atoms with Crippen LogP contribution in [0.15, 0.2) is 0 Å². The Kier molecular flexibility index (Phi) is 3.12. The van der Waals surface area contributed by atoms with Gasteiger partial charge >= 0.3 is 5.97 Å². The summed E-state index contributed by atoms with van der Waals surface area (Å²) in [5.41, 5.74) is 0.564. The number of rotatable bonds is 3. The van der Waals surface area contributed by atoms with E-state index in [4.69, 9.17) is 5.11 Å². The van der Waals surface area contributed by atoms with Crippen molar-refractivity contribution in [3.63, 3.8) is 0 Å². The lowest BCUT2D eigenvalue weighted by Crippen LogP contribution is -2.17. The molecular formula is C12H18N2O2S. The summed E-state index contributed by atoms with van der Waals surface area (Å²) in [5.74, 6) is -0.946. The van der Waals surface area contributed by atoms with Gasteiger partial charge in [0.25, 0.3) is 0 Å². The highest BCUT2D eigenvalue weighted by Gasteiger charge is 2.31. The van der Waals surface area contributed by atoms with Gasteiger partial charge in [-0.3, -0.25) is 0 Å². The van der Waals surface area contributed by atoms with Crippen LogP contribution < -0.4 is 5.32 Å². The van der Waals surface area contributed by atoms with Gasteiger partial charge in [0.15, 0.2) is 10.8 Å². The van der Waals surface area contributed by atoms with E-state index < -0.39 is 5.97 Å². The van der Waals surface area contributed by atoms with E-state index >= 15 is 0 Å². The van der Waals surface area contributed by atoms with Crippen molar-refractivity contribution < 1.29 is 9.90 Å². The molecule has 4 nitrogen and oxygen atoms in total. The fourth-order valence-electron chi connectivity index (χ4n) is 2.39. The number of hydrogen-bond acceptors (Lipinski definition) is 4. The highest BCUT2D eigenvalue weighted by molar-refractivity contribution is 7.15. The average molecular weight is 254 g/mol. The summed E-state index contributed by atoms with van der Waals surface area (Å²) in [6.45, 7) is 6.33. The van der Waals surface area contributed by atoms with E-state index in [1.807, 2.05) is 0 Å². The highest BCUT2D eigenvalue weighted by Crippen LogP contribution is 2.38. The topological polar surface area (TPSA) is 62.2 Å². The third kappa shape index (κ3) is 2.77. The molecule has 1 unspecified atom stereocenters. The molecule has 0 saturated heterocycles. The van der Waals surface area contributed by atoms with Gasteiger partial charge in [0, 0.05) is 10.9 Å². The summed E-state index contributed by atoms with van der Waals surface area (Å²) in [4.78, 5) is 15.8. The monoisotopic (exact) mass is 254 g/mol. The Morgan fingerprint density at radius 1 is 1.59 bits per heavy atom. The average Bonchev–Trinajstić information content (AvgIpc) is 2.70. The number of aromatic carboxylic acids is 1. The molecule has 1 aromatic heterocycles. The minimum atomic E-state index is -0.946. The van der Waals surface area contributed by atoms with Crippen LogP contribution in [0.4, 0.5) is 5.13 Å². The molecule has 0 bridgehead atoms. The molecule has 1 fully saturated rings. The quantitative estimate of drug-likeness (QED) is 0.870. The number of nitrogens with one attached hydrogen (secondary N) is 1. The van der Waals surface area contributed by atoms with Gasteiger partial charge in [-0.1, -0.05) is 13.8 Å². The molecule has 1 aliphatic carbocycles. The Labute approximate surface area is 105 Å². The Morgan fingerprint density at radius 2 is 2.29 bits per heavy atom. The smallest absolute Gasteiger partial charge is 0.355 e. The van der Waals surface area contributed by atoms with Crippen molar-refractivity contribution >= 4 is 22.4 Å². The Bertz CT molecular complexity index is 440. The van der Waals surface area contributed by atoms with Gasteiger partial charge in [-0.15, -0.1) is 11.3 Å². The third-order valence-corrected chi connectivity index (χ3v) is 4.20. The van der Waals surface area contributed by atoms with Crippen molar-refractivity contribution in [3.8, 4) is 0 Å². The number of carboxylic acids is 1. The van der Waals surface area contributed by atoms with Crippen LogP contribution in [0.3, 0.4) is 0 Å². The molecule has 94 valence electrons. The first-order chi connectivity index (χ1) is 7.87. The molecular weight excluding hydrogens is 236 g/mol. The van der Waals surface area contributed by atoms with E-state index in [9.17, 15) is 4.79 Å². The third-order valence-electron chi connectivity index (χ3n) is 3.30. The van der Waals surface area contributed by atoms with Crippen molar-refractivity contribution in [1.29, 1.82) is 0 Å².